The van der Waals surface area contributed by atoms with Crippen molar-refractivity contribution >= 4 is 12.4 Å². The summed E-state index contributed by atoms with van der Waals surface area (Å²) in [5, 5.41) is 0. The quantitative estimate of drug-likeness (QED) is 0.412. The van der Waals surface area contributed by atoms with Gasteiger partial charge in [0.05, 0.1) is 0 Å². The molecule has 1 aliphatic rings. The molecule has 0 bridgehead atoms. The van der Waals surface area contributed by atoms with Crippen molar-refractivity contribution in [2.75, 3.05) is 0 Å². The fourth-order valence-electron chi connectivity index (χ4n) is 2.48. The van der Waals surface area contributed by atoms with Gasteiger partial charge in [0.1, 0.15) is 0 Å². The van der Waals surface area contributed by atoms with Gasteiger partial charge in [-0.15, -0.1) is 16.8 Å². The summed E-state index contributed by atoms with van der Waals surface area (Å²) < 4.78 is 36.4. The Kier molecular flexibility index (Phi) is 14.3. The molecule has 30 heavy (non-hydrogen) atoms. The monoisotopic (exact) mass is 399 g/mol. The molecule has 2 aromatic carbocycles. The zero-order valence-electron chi connectivity index (χ0n) is 18.9. The molecule has 0 heterocycles. The minimum Gasteiger partial charge on any atom is -0.461 e. The van der Waals surface area contributed by atoms with Crippen molar-refractivity contribution < 1.29 is 50.9 Å². The van der Waals surface area contributed by atoms with Crippen molar-refractivity contribution in [2.45, 2.75) is 46.7 Å². The van der Waals surface area contributed by atoms with E-state index in [2.05, 4.69) is 37.9 Å². The van der Waals surface area contributed by atoms with Crippen molar-refractivity contribution in [2.24, 2.45) is 4.99 Å². The average molecular weight is 399 g/mol. The van der Waals surface area contributed by atoms with Crippen LogP contribution in [0.2, 0.25) is 0 Å². The fourth-order valence-corrected chi connectivity index (χ4v) is 2.48. The van der Waals surface area contributed by atoms with E-state index in [1.54, 1.807) is 19.9 Å². The number of aryl methyl sites for hydroxylation is 3. The van der Waals surface area contributed by atoms with Crippen LogP contribution >= 0.6 is 0 Å². The number of halogens is 3. The molecule has 1 nitrogen and oxygen atoms in total. The summed E-state index contributed by atoms with van der Waals surface area (Å²) in [6, 6.07) is 7.86. The third kappa shape index (κ3) is 10.1. The first-order chi connectivity index (χ1) is 13.1. The Hall–Kier alpha value is -1.30. The molecule has 1 saturated carbocycles. The normalized spacial score (nSPS) is 11.4. The third-order valence-electron chi connectivity index (χ3n) is 3.96. The molecule has 0 radical (unpaired) electrons. The van der Waals surface area contributed by atoms with E-state index in [1.807, 2.05) is 13.0 Å². The van der Waals surface area contributed by atoms with Gasteiger partial charge in [-0.1, -0.05) is 26.8 Å². The van der Waals surface area contributed by atoms with Crippen LogP contribution in [0.5, 0.6) is 0 Å². The summed E-state index contributed by atoms with van der Waals surface area (Å²) in [6.45, 7) is 19.4. The molecule has 1 fully saturated rings. The van der Waals surface area contributed by atoms with Crippen LogP contribution in [-0.2, 0) is 6.18 Å². The van der Waals surface area contributed by atoms with Crippen molar-refractivity contribution in [1.82, 2.24) is 0 Å². The maximum Gasteiger partial charge on any atom is 1.00 e. The molecule has 152 valence electrons. The van der Waals surface area contributed by atoms with E-state index >= 15 is 0 Å². The van der Waals surface area contributed by atoms with Crippen molar-refractivity contribution in [3.8, 4) is 0 Å². The second-order valence-electron chi connectivity index (χ2n) is 6.52. The minimum absolute atomic E-state index is 0. The van der Waals surface area contributed by atoms with Crippen LogP contribution in [0.15, 0.2) is 40.9 Å². The summed E-state index contributed by atoms with van der Waals surface area (Å²) in [4.78, 5) is 3.73. The van der Waals surface area contributed by atoms with Gasteiger partial charge < -0.3 is 11.9 Å². The Morgan fingerprint density at radius 2 is 1.50 bits per heavy atom. The number of hydrogen-bond acceptors (Lipinski definition) is 1. The van der Waals surface area contributed by atoms with Gasteiger partial charge in [-0.3, -0.25) is 0 Å². The van der Waals surface area contributed by atoms with Gasteiger partial charge in [-0.25, -0.2) is 0 Å². The molecule has 0 aromatic heterocycles. The van der Waals surface area contributed by atoms with Gasteiger partial charge in [0.2, 0.25) is 0 Å². The van der Waals surface area contributed by atoms with Crippen LogP contribution in [0.4, 0.5) is 18.9 Å². The molecule has 0 atom stereocenters. The van der Waals surface area contributed by atoms with Gasteiger partial charge in [-0.05, 0) is 18.4 Å². The van der Waals surface area contributed by atoms with Gasteiger partial charge in [0.15, 0.2) is 0 Å². The third-order valence-corrected chi connectivity index (χ3v) is 3.96. The maximum absolute atomic E-state index is 12.1. The van der Waals surface area contributed by atoms with E-state index in [1.165, 1.54) is 29.5 Å². The summed E-state index contributed by atoms with van der Waals surface area (Å²) in [7, 11) is 0. The van der Waals surface area contributed by atoms with Crippen molar-refractivity contribution in [3.05, 3.63) is 89.2 Å². The summed E-state index contributed by atoms with van der Waals surface area (Å²) in [5.41, 5.74) is 6.12. The van der Waals surface area contributed by atoms with Gasteiger partial charge in [0.25, 0.3) is 0 Å². The molecule has 2 aromatic rings. The maximum atomic E-state index is 12.1. The number of allylic oxidation sites excluding steroid dienone is 1. The van der Waals surface area contributed by atoms with E-state index in [-0.39, 0.29) is 37.7 Å². The van der Waals surface area contributed by atoms with Crippen LogP contribution in [0.25, 0.3) is 0 Å². The zero-order valence-corrected chi connectivity index (χ0v) is 18.9. The van der Waals surface area contributed by atoms with E-state index in [0.717, 1.165) is 23.4 Å². The molecule has 0 N–H and O–H groups in total. The molecule has 1 aliphatic carbocycles. The average Bonchev–Trinajstić information content (AvgIpc) is 3.43. The number of nitrogens with zero attached hydrogens (tertiary/aromatic N) is 1. The topological polar surface area (TPSA) is 12.4 Å². The number of hydrogen-bond donors (Lipinski definition) is 0. The molecular weight excluding hydrogens is 373 g/mol. The standard InChI is InChI=1S/C13H13N.C9H8F3.C2H5.2Li/c1-9-7-13(14-3)10(2)6-12(9)8-11-4-5-11;1-6-3-7(2)5-8(4-6)9(10,11)12;1-2;;/h3,6-7H,4-5H2,1-2H3;3-5H,1H2,2H3;1H2,2H3;;/q-2;2*-1;2*+1. The van der Waals surface area contributed by atoms with Crippen molar-refractivity contribution in [1.29, 1.82) is 0 Å². The molecule has 0 unspecified atom stereocenters. The molecule has 0 saturated heterocycles. The van der Waals surface area contributed by atoms with Gasteiger partial charge >= 0.3 is 43.9 Å². The summed E-state index contributed by atoms with van der Waals surface area (Å²) in [6.07, 6.45) is 1.56. The van der Waals surface area contributed by atoms with E-state index < -0.39 is 11.7 Å². The predicted molar refractivity (Wildman–Crippen MR) is 111 cm³/mol. The molecule has 0 amide bonds. The first-order valence-corrected chi connectivity index (χ1v) is 8.95. The minimum atomic E-state index is -4.27. The number of rotatable bonds is 2. The van der Waals surface area contributed by atoms with E-state index in [4.69, 9.17) is 6.72 Å². The second kappa shape index (κ2) is 13.9. The first kappa shape index (κ1) is 30.9. The first-order valence-electron chi connectivity index (χ1n) is 8.95. The second-order valence-corrected chi connectivity index (χ2v) is 6.52. The van der Waals surface area contributed by atoms with Crippen molar-refractivity contribution in [3.63, 3.8) is 0 Å². The zero-order chi connectivity index (χ0) is 21.5. The smallest absolute Gasteiger partial charge is 0.461 e. The number of aliphatic imine (C=N–C) groups is 1. The number of benzene rings is 2. The van der Waals surface area contributed by atoms with Crippen LogP contribution in [0, 0.1) is 40.7 Å². The molecule has 0 aliphatic heterocycles. The fraction of sp³-hybridized carbons (Fsp3) is 0.292. The van der Waals surface area contributed by atoms with E-state index in [0.29, 0.717) is 11.1 Å². The molecule has 3 rings (SSSR count). The Morgan fingerprint density at radius 3 is 1.93 bits per heavy atom. The Labute approximate surface area is 203 Å². The number of alkyl halides is 3. The largest absolute Gasteiger partial charge is 1.00 e. The van der Waals surface area contributed by atoms with Crippen LogP contribution in [-0.4, -0.2) is 6.72 Å². The van der Waals surface area contributed by atoms with Crippen LogP contribution in [0.3, 0.4) is 0 Å². The molecule has 0 spiro atoms. The van der Waals surface area contributed by atoms with Crippen LogP contribution < -0.4 is 37.7 Å². The van der Waals surface area contributed by atoms with Crippen LogP contribution in [0.1, 0.15) is 53.1 Å². The Bertz CT molecular complexity index is 830. The molecule has 6 heteroatoms. The Morgan fingerprint density at radius 1 is 0.933 bits per heavy atom. The Balaban J connectivity index is 0. The van der Waals surface area contributed by atoms with Gasteiger partial charge in [0, 0.05) is 0 Å². The van der Waals surface area contributed by atoms with E-state index in [9.17, 15) is 13.2 Å². The summed E-state index contributed by atoms with van der Waals surface area (Å²) >= 11 is 0. The predicted octanol–water partition coefficient (Wildman–Crippen LogP) is 1.43. The van der Waals surface area contributed by atoms with Gasteiger partial charge in [-0.2, -0.15) is 86.3 Å². The summed E-state index contributed by atoms with van der Waals surface area (Å²) in [5.74, 6) is 0. The molecular formula is C24H26F3Li2N-2. The SMILES string of the molecule is [CH-]=Nc1cc(C)c([C-]=C2CC2)cc1C.[CH2-]C.[CH2-]c1cc(C)cc(C(F)(F)F)c1.[Li+].[Li+].